The maximum absolute atomic E-state index is 12.3. The van der Waals surface area contributed by atoms with Crippen LogP contribution >= 0.6 is 11.6 Å². The third-order valence-corrected chi connectivity index (χ3v) is 1.78. The summed E-state index contributed by atoms with van der Waals surface area (Å²) in [7, 11) is 0. The molecule has 1 rings (SSSR count). The number of anilines is 1. The lowest BCUT2D eigenvalue weighted by Gasteiger charge is -2.06. The molecule has 0 unspecified atom stereocenters. The second-order valence-corrected chi connectivity index (χ2v) is 2.64. The fourth-order valence-corrected chi connectivity index (χ4v) is 1.11. The second-order valence-electron chi connectivity index (χ2n) is 2.24. The van der Waals surface area contributed by atoms with Crippen LogP contribution in [-0.2, 0) is 0 Å². The number of hydrogen-bond donors (Lipinski definition) is 1. The predicted octanol–water partition coefficient (Wildman–Crippen LogP) is 2.07. The van der Waals surface area contributed by atoms with E-state index in [4.69, 9.17) is 17.3 Å². The molecule has 2 N–H and O–H groups in total. The Kier molecular flexibility index (Phi) is 2.77. The SMILES string of the molecule is Nc1ncc(Cl)c(C(F)F)c1C=O. The van der Waals surface area contributed by atoms with E-state index in [0.29, 0.717) is 0 Å². The van der Waals surface area contributed by atoms with Crippen molar-refractivity contribution in [3.8, 4) is 0 Å². The molecule has 0 aliphatic heterocycles. The summed E-state index contributed by atoms with van der Waals surface area (Å²) in [5.74, 6) is -0.241. The van der Waals surface area contributed by atoms with Crippen molar-refractivity contribution in [2.75, 3.05) is 5.73 Å². The Morgan fingerprint density at radius 3 is 2.62 bits per heavy atom. The minimum absolute atomic E-state index is 0.218. The number of alkyl halides is 2. The maximum atomic E-state index is 12.3. The summed E-state index contributed by atoms with van der Waals surface area (Å²) < 4.78 is 24.7. The minimum Gasteiger partial charge on any atom is -0.383 e. The zero-order valence-corrected chi connectivity index (χ0v) is 7.05. The van der Waals surface area contributed by atoms with Crippen LogP contribution in [-0.4, -0.2) is 11.3 Å². The Bertz CT molecular complexity index is 344. The topological polar surface area (TPSA) is 56.0 Å². The summed E-state index contributed by atoms with van der Waals surface area (Å²) in [6.07, 6.45) is -1.63. The molecule has 0 aliphatic carbocycles. The summed E-state index contributed by atoms with van der Waals surface area (Å²) in [6.45, 7) is 0. The second kappa shape index (κ2) is 3.66. The average Bonchev–Trinajstić information content (AvgIpc) is 2.07. The maximum Gasteiger partial charge on any atom is 0.266 e. The van der Waals surface area contributed by atoms with Gasteiger partial charge in [-0.2, -0.15) is 0 Å². The molecule has 6 heteroatoms. The van der Waals surface area contributed by atoms with Gasteiger partial charge in [0, 0.05) is 6.20 Å². The van der Waals surface area contributed by atoms with Gasteiger partial charge in [0.1, 0.15) is 5.82 Å². The number of aromatic nitrogens is 1. The van der Waals surface area contributed by atoms with Crippen LogP contribution in [0.25, 0.3) is 0 Å². The molecular formula is C7H5ClF2N2O. The highest BCUT2D eigenvalue weighted by atomic mass is 35.5. The standard InChI is InChI=1S/C7H5ClF2N2O/c8-4-1-12-7(11)3(2-13)5(4)6(9)10/h1-2,6H,(H2,11,12). The molecule has 0 amide bonds. The molecule has 0 saturated heterocycles. The Morgan fingerprint density at radius 2 is 2.23 bits per heavy atom. The molecule has 0 saturated carbocycles. The van der Waals surface area contributed by atoms with Crippen molar-refractivity contribution >= 4 is 23.7 Å². The van der Waals surface area contributed by atoms with Gasteiger partial charge in [-0.25, -0.2) is 13.8 Å². The molecule has 1 heterocycles. The molecule has 0 aromatic carbocycles. The Hall–Kier alpha value is -1.23. The van der Waals surface area contributed by atoms with Crippen LogP contribution in [0.1, 0.15) is 22.3 Å². The van der Waals surface area contributed by atoms with E-state index in [1.807, 2.05) is 0 Å². The van der Waals surface area contributed by atoms with Gasteiger partial charge in [0.25, 0.3) is 6.43 Å². The molecular weight excluding hydrogens is 202 g/mol. The first-order valence-electron chi connectivity index (χ1n) is 3.25. The highest BCUT2D eigenvalue weighted by Gasteiger charge is 2.19. The van der Waals surface area contributed by atoms with Gasteiger partial charge in [0.15, 0.2) is 6.29 Å². The van der Waals surface area contributed by atoms with Gasteiger partial charge in [-0.15, -0.1) is 0 Å². The van der Waals surface area contributed by atoms with Crippen LogP contribution < -0.4 is 5.73 Å². The number of nitrogens with two attached hydrogens (primary N) is 1. The predicted molar refractivity (Wildman–Crippen MR) is 44.0 cm³/mol. The van der Waals surface area contributed by atoms with Crippen LogP contribution in [0.4, 0.5) is 14.6 Å². The van der Waals surface area contributed by atoms with E-state index in [1.165, 1.54) is 0 Å². The van der Waals surface area contributed by atoms with Crippen LogP contribution in [0, 0.1) is 0 Å². The minimum atomic E-state index is -2.84. The van der Waals surface area contributed by atoms with Crippen molar-refractivity contribution in [2.45, 2.75) is 6.43 Å². The van der Waals surface area contributed by atoms with Crippen LogP contribution in [0.3, 0.4) is 0 Å². The van der Waals surface area contributed by atoms with E-state index in [0.717, 1.165) is 6.20 Å². The highest BCUT2D eigenvalue weighted by molar-refractivity contribution is 6.31. The molecule has 3 nitrogen and oxygen atoms in total. The lowest BCUT2D eigenvalue weighted by molar-refractivity contribution is 0.110. The van der Waals surface area contributed by atoms with Gasteiger partial charge >= 0.3 is 0 Å². The molecule has 1 aromatic heterocycles. The number of carbonyl (C=O) groups is 1. The summed E-state index contributed by atoms with van der Waals surface area (Å²) >= 11 is 5.42. The van der Waals surface area contributed by atoms with Crippen LogP contribution in [0.15, 0.2) is 6.20 Å². The number of hydrogen-bond acceptors (Lipinski definition) is 3. The van der Waals surface area contributed by atoms with Gasteiger partial charge in [0.2, 0.25) is 0 Å². The zero-order valence-electron chi connectivity index (χ0n) is 6.30. The number of nitrogens with zero attached hydrogens (tertiary/aromatic N) is 1. The van der Waals surface area contributed by atoms with Crippen molar-refractivity contribution < 1.29 is 13.6 Å². The van der Waals surface area contributed by atoms with Crippen molar-refractivity contribution in [3.05, 3.63) is 22.3 Å². The highest BCUT2D eigenvalue weighted by Crippen LogP contribution is 2.30. The molecule has 70 valence electrons. The van der Waals surface area contributed by atoms with Gasteiger partial charge in [-0.3, -0.25) is 4.79 Å². The van der Waals surface area contributed by atoms with Gasteiger partial charge in [-0.1, -0.05) is 11.6 Å². The summed E-state index contributed by atoms with van der Waals surface area (Å²) in [5.41, 5.74) is 4.29. The normalized spacial score (nSPS) is 10.5. The van der Waals surface area contributed by atoms with E-state index in [9.17, 15) is 13.6 Å². The smallest absolute Gasteiger partial charge is 0.266 e. The number of rotatable bonds is 2. The third kappa shape index (κ3) is 1.75. The van der Waals surface area contributed by atoms with Crippen molar-refractivity contribution in [3.63, 3.8) is 0 Å². The average molecular weight is 207 g/mol. The van der Waals surface area contributed by atoms with Crippen LogP contribution in [0.2, 0.25) is 5.02 Å². The quantitative estimate of drug-likeness (QED) is 0.754. The molecule has 0 atom stereocenters. The number of nitrogen functional groups attached to an aromatic ring is 1. The largest absolute Gasteiger partial charge is 0.383 e. The van der Waals surface area contributed by atoms with E-state index < -0.39 is 12.0 Å². The van der Waals surface area contributed by atoms with Crippen molar-refractivity contribution in [2.24, 2.45) is 0 Å². The molecule has 0 bridgehead atoms. The molecule has 0 fully saturated rings. The Balaban J connectivity index is 3.43. The Labute approximate surface area is 77.5 Å². The molecule has 1 aromatic rings. The fraction of sp³-hybridized carbons (Fsp3) is 0.143. The van der Waals surface area contributed by atoms with E-state index >= 15 is 0 Å². The van der Waals surface area contributed by atoms with Crippen molar-refractivity contribution in [1.29, 1.82) is 0 Å². The molecule has 13 heavy (non-hydrogen) atoms. The molecule has 0 spiro atoms. The number of carbonyl (C=O) groups excluding carboxylic acids is 1. The molecule has 0 aliphatic rings. The lowest BCUT2D eigenvalue weighted by Crippen LogP contribution is -2.03. The zero-order chi connectivity index (χ0) is 10.0. The third-order valence-electron chi connectivity index (χ3n) is 1.48. The van der Waals surface area contributed by atoms with Gasteiger partial charge in [-0.05, 0) is 0 Å². The van der Waals surface area contributed by atoms with E-state index in [2.05, 4.69) is 4.98 Å². The number of halogens is 3. The number of pyridine rings is 1. The van der Waals surface area contributed by atoms with Crippen molar-refractivity contribution in [1.82, 2.24) is 4.98 Å². The summed E-state index contributed by atoms with van der Waals surface area (Å²) in [6, 6.07) is 0. The Morgan fingerprint density at radius 1 is 1.62 bits per heavy atom. The summed E-state index contributed by atoms with van der Waals surface area (Å²) in [5, 5.41) is -0.258. The van der Waals surface area contributed by atoms with E-state index in [-0.39, 0.29) is 22.7 Å². The molecule has 0 radical (unpaired) electrons. The fourth-order valence-electron chi connectivity index (χ4n) is 0.878. The van der Waals surface area contributed by atoms with Gasteiger partial charge < -0.3 is 5.73 Å². The van der Waals surface area contributed by atoms with E-state index in [1.54, 1.807) is 0 Å². The lowest BCUT2D eigenvalue weighted by atomic mass is 10.1. The first kappa shape index (κ1) is 9.85. The monoisotopic (exact) mass is 206 g/mol. The number of aldehydes is 1. The summed E-state index contributed by atoms with van der Waals surface area (Å²) in [4.78, 5) is 13.9. The first-order chi connectivity index (χ1) is 6.07. The van der Waals surface area contributed by atoms with Crippen LogP contribution in [0.5, 0.6) is 0 Å². The first-order valence-corrected chi connectivity index (χ1v) is 3.63. The van der Waals surface area contributed by atoms with Gasteiger partial charge in [0.05, 0.1) is 16.1 Å².